The average molecular weight is 677 g/mol. The summed E-state index contributed by atoms with van der Waals surface area (Å²) in [4.78, 5) is 0. The molecule has 0 spiro atoms. The quantitative estimate of drug-likeness (QED) is 0.174. The third-order valence-electron chi connectivity index (χ3n) is 11.2. The summed E-state index contributed by atoms with van der Waals surface area (Å²) in [6.45, 7) is 0.0449. The number of para-hydroxylation sites is 5. The van der Waals surface area contributed by atoms with Crippen LogP contribution in [0.15, 0.2) is 176 Å². The Balaban J connectivity index is 1.16. The van der Waals surface area contributed by atoms with Crippen molar-refractivity contribution in [2.45, 2.75) is 0 Å². The Kier molecular flexibility index (Phi) is 5.83. The molecule has 0 bridgehead atoms. The summed E-state index contributed by atoms with van der Waals surface area (Å²) in [6, 6.07) is 62.8. The van der Waals surface area contributed by atoms with Gasteiger partial charge in [-0.25, -0.2) is 0 Å². The molecule has 5 heteroatoms. The molecule has 0 unspecified atom stereocenters. The topological polar surface area (TPSA) is 28.3 Å². The van der Waals surface area contributed by atoms with Crippen LogP contribution in [0.2, 0.25) is 0 Å². The molecule has 4 nitrogen and oxygen atoms in total. The monoisotopic (exact) mass is 676 g/mol. The largest absolute Gasteiger partial charge is 0.458 e. The van der Waals surface area contributed by atoms with Gasteiger partial charge in [0.05, 0.1) is 22.1 Å². The maximum atomic E-state index is 6.69. The summed E-state index contributed by atoms with van der Waals surface area (Å²) in [5.74, 6) is 3.47. The number of fused-ring (bicyclic) bond motifs is 11. The van der Waals surface area contributed by atoms with E-state index in [9.17, 15) is 0 Å². The summed E-state index contributed by atoms with van der Waals surface area (Å²) in [6.07, 6.45) is 0. The molecule has 0 amide bonds. The van der Waals surface area contributed by atoms with E-state index in [1.807, 2.05) is 12.1 Å². The number of nitrogens with zero attached hydrogens (tertiary/aromatic N) is 2. The first-order chi connectivity index (χ1) is 26.3. The van der Waals surface area contributed by atoms with Crippen LogP contribution in [0.4, 0.5) is 0 Å². The van der Waals surface area contributed by atoms with Crippen LogP contribution in [0.25, 0.3) is 66.1 Å². The van der Waals surface area contributed by atoms with Gasteiger partial charge in [0.2, 0.25) is 0 Å². The molecule has 4 heterocycles. The lowest BCUT2D eigenvalue weighted by atomic mass is 9.35. The van der Waals surface area contributed by atoms with E-state index < -0.39 is 0 Å². The minimum Gasteiger partial charge on any atom is -0.458 e. The molecule has 0 radical (unpaired) electrons. The highest BCUT2D eigenvalue weighted by molar-refractivity contribution is 6.98. The Hall–Kier alpha value is -6.98. The first-order valence-corrected chi connectivity index (χ1v) is 18.1. The molecule has 8 aromatic carbocycles. The molecule has 0 atom stereocenters. The Morgan fingerprint density at radius 1 is 0.377 bits per heavy atom. The van der Waals surface area contributed by atoms with Crippen molar-refractivity contribution in [3.8, 4) is 45.5 Å². The second-order valence-electron chi connectivity index (χ2n) is 14.0. The Morgan fingerprint density at radius 3 is 1.64 bits per heavy atom. The predicted molar refractivity (Wildman–Crippen MR) is 218 cm³/mol. The molecule has 53 heavy (non-hydrogen) atoms. The zero-order chi connectivity index (χ0) is 34.6. The highest BCUT2D eigenvalue weighted by Crippen LogP contribution is 2.44. The highest BCUT2D eigenvalue weighted by Gasteiger charge is 2.40. The molecule has 2 aliphatic rings. The van der Waals surface area contributed by atoms with Gasteiger partial charge in [-0.3, -0.25) is 0 Å². The molecule has 12 rings (SSSR count). The van der Waals surface area contributed by atoms with E-state index in [1.54, 1.807) is 0 Å². The van der Waals surface area contributed by atoms with E-state index in [0.29, 0.717) is 0 Å². The smallest absolute Gasteiger partial charge is 0.260 e. The molecular formula is C48H29BN2O2. The maximum Gasteiger partial charge on any atom is 0.260 e. The van der Waals surface area contributed by atoms with Crippen molar-refractivity contribution in [1.82, 2.24) is 9.13 Å². The van der Waals surface area contributed by atoms with Crippen LogP contribution in [-0.4, -0.2) is 15.8 Å². The maximum absolute atomic E-state index is 6.69. The fourth-order valence-corrected chi connectivity index (χ4v) is 9.00. The third kappa shape index (κ3) is 4.02. The van der Waals surface area contributed by atoms with Gasteiger partial charge in [0, 0.05) is 38.4 Å². The van der Waals surface area contributed by atoms with Crippen LogP contribution in [0.1, 0.15) is 0 Å². The van der Waals surface area contributed by atoms with Crippen LogP contribution >= 0.6 is 0 Å². The number of rotatable bonds is 3. The summed E-state index contributed by atoms with van der Waals surface area (Å²) in [7, 11) is 0. The second kappa shape index (κ2) is 10.8. The lowest BCUT2D eigenvalue weighted by molar-refractivity contribution is 0.465. The van der Waals surface area contributed by atoms with Gasteiger partial charge in [0.15, 0.2) is 0 Å². The van der Waals surface area contributed by atoms with Crippen LogP contribution in [0.5, 0.6) is 23.0 Å². The molecule has 0 N–H and O–H groups in total. The van der Waals surface area contributed by atoms with Crippen LogP contribution in [-0.2, 0) is 0 Å². The molecule has 0 aliphatic carbocycles. The van der Waals surface area contributed by atoms with E-state index in [4.69, 9.17) is 9.47 Å². The van der Waals surface area contributed by atoms with Gasteiger partial charge in [-0.05, 0) is 94.8 Å². The number of benzene rings is 8. The summed E-state index contributed by atoms with van der Waals surface area (Å²) in [5.41, 5.74) is 12.6. The SMILES string of the molecule is c1ccc(-n2c3ccc(-c4cc5c6c(c4)Oc4ccccc4B6c4ccccc4O5)cc3c3c2ccc2c4ccccc4n(-c4ccccc4)c23)cc1. The standard InChI is InChI=1S/C48H29BN2O2/c1-3-13-32(14-4-1)50-40-25-23-30(31-28-44-47-45(29-31)53-43-22-12-9-19-38(43)49(47)37-18-8-11-21-42(37)52-44)27-36(40)46-41(50)26-24-35-34-17-7-10-20-39(34)51(48(35)46)33-15-5-2-6-16-33/h1-29H. The van der Waals surface area contributed by atoms with Crippen molar-refractivity contribution in [3.63, 3.8) is 0 Å². The van der Waals surface area contributed by atoms with Crippen molar-refractivity contribution >= 4 is 66.7 Å². The number of hydrogen-bond acceptors (Lipinski definition) is 2. The predicted octanol–water partition coefficient (Wildman–Crippen LogP) is 10.3. The van der Waals surface area contributed by atoms with Crippen molar-refractivity contribution in [1.29, 1.82) is 0 Å². The fraction of sp³-hybridized carbons (Fsp3) is 0. The number of ether oxygens (including phenoxy) is 2. The van der Waals surface area contributed by atoms with E-state index in [1.165, 1.54) is 38.1 Å². The Morgan fingerprint density at radius 2 is 0.943 bits per heavy atom. The van der Waals surface area contributed by atoms with Gasteiger partial charge >= 0.3 is 0 Å². The van der Waals surface area contributed by atoms with Gasteiger partial charge in [-0.1, -0.05) is 103 Å². The van der Waals surface area contributed by atoms with E-state index >= 15 is 0 Å². The van der Waals surface area contributed by atoms with Gasteiger partial charge in [0.25, 0.3) is 6.71 Å². The Labute approximate surface area is 305 Å². The van der Waals surface area contributed by atoms with Crippen molar-refractivity contribution in [2.75, 3.05) is 0 Å². The lowest BCUT2D eigenvalue weighted by Crippen LogP contribution is -2.57. The first-order valence-electron chi connectivity index (χ1n) is 18.1. The fourth-order valence-electron chi connectivity index (χ4n) is 9.00. The molecule has 246 valence electrons. The summed E-state index contributed by atoms with van der Waals surface area (Å²) >= 11 is 0. The van der Waals surface area contributed by atoms with Crippen LogP contribution < -0.4 is 25.9 Å². The summed E-state index contributed by atoms with van der Waals surface area (Å²) in [5, 5.41) is 4.88. The van der Waals surface area contributed by atoms with Crippen LogP contribution in [0, 0.1) is 0 Å². The molecular weight excluding hydrogens is 647 g/mol. The van der Waals surface area contributed by atoms with Crippen molar-refractivity contribution < 1.29 is 9.47 Å². The summed E-state index contributed by atoms with van der Waals surface area (Å²) < 4.78 is 18.2. The highest BCUT2D eigenvalue weighted by atomic mass is 16.5. The minimum absolute atomic E-state index is 0.0449. The number of hydrogen-bond donors (Lipinski definition) is 0. The Bertz CT molecular complexity index is 3050. The van der Waals surface area contributed by atoms with Gasteiger partial charge in [-0.15, -0.1) is 0 Å². The van der Waals surface area contributed by atoms with Crippen LogP contribution in [0.3, 0.4) is 0 Å². The average Bonchev–Trinajstić information content (AvgIpc) is 3.74. The number of aromatic nitrogens is 2. The van der Waals surface area contributed by atoms with E-state index in [0.717, 1.165) is 67.4 Å². The molecule has 10 aromatic rings. The van der Waals surface area contributed by atoms with Gasteiger partial charge in [0.1, 0.15) is 23.0 Å². The van der Waals surface area contributed by atoms with Crippen molar-refractivity contribution in [2.24, 2.45) is 0 Å². The molecule has 2 aromatic heterocycles. The van der Waals surface area contributed by atoms with E-state index in [-0.39, 0.29) is 6.71 Å². The normalized spacial score (nSPS) is 12.8. The molecule has 2 aliphatic heterocycles. The minimum atomic E-state index is 0.0449. The van der Waals surface area contributed by atoms with Gasteiger partial charge in [-0.2, -0.15) is 0 Å². The lowest BCUT2D eigenvalue weighted by Gasteiger charge is -2.33. The van der Waals surface area contributed by atoms with Gasteiger partial charge < -0.3 is 18.6 Å². The van der Waals surface area contributed by atoms with Crippen molar-refractivity contribution in [3.05, 3.63) is 176 Å². The third-order valence-corrected chi connectivity index (χ3v) is 11.2. The molecule has 0 saturated carbocycles. The zero-order valence-electron chi connectivity index (χ0n) is 28.5. The second-order valence-corrected chi connectivity index (χ2v) is 14.0. The molecule has 0 fully saturated rings. The zero-order valence-corrected chi connectivity index (χ0v) is 28.5. The molecule has 0 saturated heterocycles. The first kappa shape index (κ1) is 28.7. The van der Waals surface area contributed by atoms with E-state index in [2.05, 4.69) is 173 Å².